The summed E-state index contributed by atoms with van der Waals surface area (Å²) < 4.78 is 0. The maximum absolute atomic E-state index is 6.25. The second kappa shape index (κ2) is 118. The van der Waals surface area contributed by atoms with Crippen molar-refractivity contribution < 1.29 is 19.5 Å². The first-order valence-electron chi connectivity index (χ1n) is 1.34. The summed E-state index contributed by atoms with van der Waals surface area (Å²) in [5.41, 5.74) is 0. The molecule has 0 N–H and O–H groups in total. The van der Waals surface area contributed by atoms with Gasteiger partial charge < -0.3 is 71.0 Å². The fraction of sp³-hybridized carbons (Fsp3) is 0. The molecule has 0 radical (unpaired) electrons. The Bertz CT molecular complexity index is 92.1. The second-order valence-corrected chi connectivity index (χ2v) is 0. The van der Waals surface area contributed by atoms with Crippen LogP contribution in [0.3, 0.4) is 0 Å². The van der Waals surface area contributed by atoms with Crippen molar-refractivity contribution in [1.29, 1.82) is 31.6 Å². The largest absolute Gasteiger partial charge is 0.512 e. The molecule has 0 aromatic carbocycles. The van der Waals surface area contributed by atoms with Crippen molar-refractivity contribution in [3.8, 4) is 0 Å². The summed E-state index contributed by atoms with van der Waals surface area (Å²) in [6.45, 7) is 28.5. The predicted molar refractivity (Wildman–Crippen MR) is 29.8 cm³/mol. The Morgan fingerprint density at radius 2 is 0.308 bits per heavy atom. The zero-order valence-electron chi connectivity index (χ0n) is 6.39. The van der Waals surface area contributed by atoms with Crippen molar-refractivity contribution in [2.24, 2.45) is 0 Å². The molecule has 0 amide bonds. The van der Waals surface area contributed by atoms with Gasteiger partial charge in [0.15, 0.2) is 0 Å². The van der Waals surface area contributed by atoms with Gasteiger partial charge >= 0.3 is 0 Å². The summed E-state index contributed by atoms with van der Waals surface area (Å²) in [6, 6.07) is 0. The molecular formula is C6N6Zn-6. The Hall–Kier alpha value is -2.44. The minimum absolute atomic E-state index is 0. The Balaban J connectivity index is -0.00000000655. The van der Waals surface area contributed by atoms with Crippen molar-refractivity contribution in [3.05, 3.63) is 39.4 Å². The first-order valence-corrected chi connectivity index (χ1v) is 1.34. The zero-order valence-corrected chi connectivity index (χ0v) is 9.36. The molecule has 6 nitrogen and oxygen atoms in total. The summed E-state index contributed by atoms with van der Waals surface area (Å²) in [7, 11) is 0. The van der Waals surface area contributed by atoms with Gasteiger partial charge in [0, 0.05) is 19.5 Å². The van der Waals surface area contributed by atoms with E-state index in [4.69, 9.17) is 71.0 Å². The Morgan fingerprint density at radius 1 is 0.308 bits per heavy atom. The molecule has 0 rings (SSSR count). The summed E-state index contributed by atoms with van der Waals surface area (Å²) in [4.78, 5) is 0. The van der Waals surface area contributed by atoms with Gasteiger partial charge in [-0.1, -0.05) is 0 Å². The van der Waals surface area contributed by atoms with Gasteiger partial charge in [-0.3, -0.25) is 0 Å². The van der Waals surface area contributed by atoms with E-state index in [-0.39, 0.29) is 19.5 Å². The van der Waals surface area contributed by atoms with Crippen molar-refractivity contribution in [1.82, 2.24) is 0 Å². The van der Waals surface area contributed by atoms with E-state index >= 15 is 0 Å². The maximum Gasteiger partial charge on any atom is 0 e. The Morgan fingerprint density at radius 3 is 0.308 bits per heavy atom. The summed E-state index contributed by atoms with van der Waals surface area (Å²) in [6.07, 6.45) is 0. The van der Waals surface area contributed by atoms with Crippen LogP contribution < -0.4 is 0 Å². The van der Waals surface area contributed by atoms with E-state index in [1.807, 2.05) is 0 Å². The van der Waals surface area contributed by atoms with E-state index in [0.717, 1.165) is 0 Å². The van der Waals surface area contributed by atoms with Crippen LogP contribution in [0, 0.1) is 71.0 Å². The van der Waals surface area contributed by atoms with Gasteiger partial charge in [-0.2, -0.15) is 0 Å². The molecule has 0 atom stereocenters. The molecule has 0 aromatic heterocycles. The summed E-state index contributed by atoms with van der Waals surface area (Å²) in [5, 5.41) is 37.5. The number of nitrogens with zero attached hydrogens (tertiary/aromatic N) is 6. The van der Waals surface area contributed by atoms with Gasteiger partial charge in [0.05, 0.1) is 0 Å². The Kier molecular flexibility index (Phi) is 691. The quantitative estimate of drug-likeness (QED) is 0.432. The molecule has 62 valence electrons. The molecule has 13 heavy (non-hydrogen) atoms. The van der Waals surface area contributed by atoms with Crippen molar-refractivity contribution >= 4 is 0 Å². The van der Waals surface area contributed by atoms with Gasteiger partial charge in [-0.05, 0) is 0 Å². The average Bonchev–Trinajstić information content (AvgIpc) is 2.33. The van der Waals surface area contributed by atoms with Crippen molar-refractivity contribution in [2.45, 2.75) is 0 Å². The second-order valence-electron chi connectivity index (χ2n) is 0. The van der Waals surface area contributed by atoms with Crippen LogP contribution in [0.15, 0.2) is 0 Å². The van der Waals surface area contributed by atoms with Gasteiger partial charge in [0.1, 0.15) is 0 Å². The summed E-state index contributed by atoms with van der Waals surface area (Å²) >= 11 is 0. The van der Waals surface area contributed by atoms with Crippen LogP contribution >= 0.6 is 0 Å². The van der Waals surface area contributed by atoms with E-state index < -0.39 is 0 Å². The fourth-order valence-electron chi connectivity index (χ4n) is 0. The van der Waals surface area contributed by atoms with Gasteiger partial charge in [0.25, 0.3) is 0 Å². The third-order valence-electron chi connectivity index (χ3n) is 0. The normalized spacial score (nSPS) is 0.923. The first kappa shape index (κ1) is 76.1. The molecule has 0 aliphatic heterocycles. The van der Waals surface area contributed by atoms with Crippen molar-refractivity contribution in [2.75, 3.05) is 0 Å². The number of hydrogen-bond donors (Lipinski definition) is 0. The molecule has 0 aliphatic rings. The SMILES string of the molecule is [C-]#N.[C-]#N.[C-]#N.[C-]#N.[C-]#N.[C-]#N.[Zn]. The minimum Gasteiger partial charge on any atom is -0.512 e. The monoisotopic (exact) mass is 220 g/mol. The molecule has 0 saturated carbocycles. The van der Waals surface area contributed by atoms with Crippen LogP contribution in [0.2, 0.25) is 0 Å². The van der Waals surface area contributed by atoms with Gasteiger partial charge in [-0.15, -0.1) is 0 Å². The van der Waals surface area contributed by atoms with Crippen LogP contribution in [0.1, 0.15) is 0 Å². The molecule has 7 heteroatoms. The van der Waals surface area contributed by atoms with E-state index in [1.54, 1.807) is 0 Å². The van der Waals surface area contributed by atoms with Crippen LogP contribution in [0.4, 0.5) is 0 Å². The molecule has 0 aromatic rings. The zero-order chi connectivity index (χ0) is 12.0. The molecular weight excluding hydrogens is 221 g/mol. The van der Waals surface area contributed by atoms with Gasteiger partial charge in [-0.25, -0.2) is 0 Å². The first-order chi connectivity index (χ1) is 6.00. The molecule has 0 fully saturated rings. The third kappa shape index (κ3) is 92.1. The van der Waals surface area contributed by atoms with E-state index in [0.29, 0.717) is 0 Å². The molecule has 0 heterocycles. The standard InChI is InChI=1S/6CN.Zn/c6*1-2;/q6*-1;. The smallest absolute Gasteiger partial charge is 0 e. The van der Waals surface area contributed by atoms with Crippen LogP contribution in [-0.2, 0) is 19.5 Å². The maximum atomic E-state index is 6.25. The van der Waals surface area contributed by atoms with Crippen molar-refractivity contribution in [3.63, 3.8) is 0 Å². The topological polar surface area (TPSA) is 143 Å². The average molecular weight is 221 g/mol. The fourth-order valence-corrected chi connectivity index (χ4v) is 0. The van der Waals surface area contributed by atoms with E-state index in [1.165, 1.54) is 0 Å². The molecule has 0 unspecified atom stereocenters. The molecule has 0 aliphatic carbocycles. The minimum atomic E-state index is 0. The third-order valence-corrected chi connectivity index (χ3v) is 0. The predicted octanol–water partition coefficient (Wildman–Crippen LogP) is 0.576. The van der Waals surface area contributed by atoms with E-state index in [9.17, 15) is 0 Å². The van der Waals surface area contributed by atoms with Crippen LogP contribution in [-0.4, -0.2) is 0 Å². The van der Waals surface area contributed by atoms with Crippen LogP contribution in [0.25, 0.3) is 0 Å². The van der Waals surface area contributed by atoms with Gasteiger partial charge in [0.2, 0.25) is 0 Å². The Labute approximate surface area is 90.8 Å². The molecule has 0 saturated heterocycles. The molecule has 0 spiro atoms. The van der Waals surface area contributed by atoms with Crippen LogP contribution in [0.5, 0.6) is 0 Å². The van der Waals surface area contributed by atoms with E-state index in [2.05, 4.69) is 0 Å². The number of hydrogen-bond acceptors (Lipinski definition) is 6. The number of rotatable bonds is 0. The molecule has 0 bridgehead atoms. The summed E-state index contributed by atoms with van der Waals surface area (Å²) in [5.74, 6) is 0.